The van der Waals surface area contributed by atoms with Crippen LogP contribution in [0.1, 0.15) is 12.1 Å². The maximum Gasteiger partial charge on any atom is 0.303 e. The van der Waals surface area contributed by atoms with Crippen molar-refractivity contribution in [2.75, 3.05) is 0 Å². The fourth-order valence-electron chi connectivity index (χ4n) is 1.41. The van der Waals surface area contributed by atoms with Crippen LogP contribution in [0.5, 0.6) is 0 Å². The highest BCUT2D eigenvalue weighted by Gasteiger charge is 2.08. The number of nitrogens with zero attached hydrogens (tertiary/aromatic N) is 1. The number of hydrogen-bond donors (Lipinski definition) is 1. The molecular formula is C12H10FNO3. The van der Waals surface area contributed by atoms with E-state index in [1.165, 1.54) is 18.4 Å². The van der Waals surface area contributed by atoms with Crippen molar-refractivity contribution in [2.24, 2.45) is 0 Å². The summed E-state index contributed by atoms with van der Waals surface area (Å²) in [6, 6.07) is 5.88. The Hall–Kier alpha value is -2.17. The standard InChI is InChI=1S/C12H10FNO3/c13-9-3-1-2-8(6-9)12-14-10(7-17-12)4-5-11(15)16/h1-3,6-7H,4-5H2,(H,15,16). The molecule has 0 aliphatic carbocycles. The van der Waals surface area contributed by atoms with E-state index in [0.717, 1.165) is 0 Å². The van der Waals surface area contributed by atoms with Crippen molar-refractivity contribution in [2.45, 2.75) is 12.8 Å². The third-order valence-electron chi connectivity index (χ3n) is 2.22. The van der Waals surface area contributed by atoms with Crippen LogP contribution in [0.2, 0.25) is 0 Å². The lowest BCUT2D eigenvalue weighted by atomic mass is 10.2. The van der Waals surface area contributed by atoms with E-state index in [1.807, 2.05) is 0 Å². The van der Waals surface area contributed by atoms with Gasteiger partial charge in [0.1, 0.15) is 12.1 Å². The molecule has 0 aliphatic heterocycles. The average Bonchev–Trinajstić information content (AvgIpc) is 2.75. The van der Waals surface area contributed by atoms with E-state index in [4.69, 9.17) is 9.52 Å². The molecule has 1 heterocycles. The van der Waals surface area contributed by atoms with Crippen LogP contribution in [0, 0.1) is 5.82 Å². The highest BCUT2D eigenvalue weighted by molar-refractivity contribution is 5.67. The average molecular weight is 235 g/mol. The highest BCUT2D eigenvalue weighted by Crippen LogP contribution is 2.19. The molecule has 0 bridgehead atoms. The second-order valence-corrected chi connectivity index (χ2v) is 3.55. The first-order chi connectivity index (χ1) is 8.15. The lowest BCUT2D eigenvalue weighted by Crippen LogP contribution is -1.97. The lowest BCUT2D eigenvalue weighted by Gasteiger charge is -1.94. The third-order valence-corrected chi connectivity index (χ3v) is 2.22. The van der Waals surface area contributed by atoms with E-state index in [2.05, 4.69) is 4.98 Å². The van der Waals surface area contributed by atoms with Crippen molar-refractivity contribution in [3.05, 3.63) is 42.0 Å². The molecule has 0 amide bonds. The van der Waals surface area contributed by atoms with Gasteiger partial charge in [-0.25, -0.2) is 9.37 Å². The summed E-state index contributed by atoms with van der Waals surface area (Å²) < 4.78 is 18.1. The van der Waals surface area contributed by atoms with Crippen LogP contribution in [0.4, 0.5) is 4.39 Å². The highest BCUT2D eigenvalue weighted by atomic mass is 19.1. The van der Waals surface area contributed by atoms with Gasteiger partial charge in [0.2, 0.25) is 5.89 Å². The van der Waals surface area contributed by atoms with Gasteiger partial charge in [-0.3, -0.25) is 4.79 Å². The van der Waals surface area contributed by atoms with Gasteiger partial charge in [-0.2, -0.15) is 0 Å². The Balaban J connectivity index is 2.15. The predicted octanol–water partition coefficient (Wildman–Crippen LogP) is 2.50. The zero-order valence-electron chi connectivity index (χ0n) is 8.89. The quantitative estimate of drug-likeness (QED) is 0.884. The van der Waals surface area contributed by atoms with Gasteiger partial charge in [-0.15, -0.1) is 0 Å². The zero-order valence-corrected chi connectivity index (χ0v) is 8.89. The molecule has 1 aromatic heterocycles. The topological polar surface area (TPSA) is 63.3 Å². The maximum absolute atomic E-state index is 13.0. The van der Waals surface area contributed by atoms with Crippen molar-refractivity contribution in [1.29, 1.82) is 0 Å². The van der Waals surface area contributed by atoms with Gasteiger partial charge >= 0.3 is 5.97 Å². The first-order valence-electron chi connectivity index (χ1n) is 5.07. The van der Waals surface area contributed by atoms with E-state index in [9.17, 15) is 9.18 Å². The summed E-state index contributed by atoms with van der Waals surface area (Å²) in [5.74, 6) is -0.960. The molecule has 5 heteroatoms. The third kappa shape index (κ3) is 2.90. The smallest absolute Gasteiger partial charge is 0.303 e. The number of carboxylic acids is 1. The van der Waals surface area contributed by atoms with Crippen LogP contribution in [0.15, 0.2) is 34.9 Å². The van der Waals surface area contributed by atoms with Gasteiger partial charge in [0, 0.05) is 12.0 Å². The number of oxazole rings is 1. The Kier molecular flexibility index (Phi) is 3.18. The first-order valence-corrected chi connectivity index (χ1v) is 5.07. The van der Waals surface area contributed by atoms with Crippen molar-refractivity contribution >= 4 is 5.97 Å². The van der Waals surface area contributed by atoms with Crippen molar-refractivity contribution in [3.63, 3.8) is 0 Å². The van der Waals surface area contributed by atoms with Crippen LogP contribution in [0.25, 0.3) is 11.5 Å². The minimum Gasteiger partial charge on any atom is -0.481 e. The van der Waals surface area contributed by atoms with E-state index in [-0.39, 0.29) is 12.2 Å². The van der Waals surface area contributed by atoms with Crippen molar-refractivity contribution in [3.8, 4) is 11.5 Å². The molecule has 0 spiro atoms. The van der Waals surface area contributed by atoms with Crippen LogP contribution >= 0.6 is 0 Å². The Morgan fingerprint density at radius 3 is 3.00 bits per heavy atom. The predicted molar refractivity (Wildman–Crippen MR) is 57.9 cm³/mol. The molecule has 0 unspecified atom stereocenters. The van der Waals surface area contributed by atoms with Crippen LogP contribution in [-0.4, -0.2) is 16.1 Å². The molecule has 0 saturated carbocycles. The molecule has 88 valence electrons. The van der Waals surface area contributed by atoms with Crippen molar-refractivity contribution < 1.29 is 18.7 Å². The fraction of sp³-hybridized carbons (Fsp3) is 0.167. The SMILES string of the molecule is O=C(O)CCc1coc(-c2cccc(F)c2)n1. The molecule has 0 saturated heterocycles. The number of rotatable bonds is 4. The lowest BCUT2D eigenvalue weighted by molar-refractivity contribution is -0.136. The summed E-state index contributed by atoms with van der Waals surface area (Å²) in [6.07, 6.45) is 1.69. The molecule has 4 nitrogen and oxygen atoms in total. The van der Waals surface area contributed by atoms with E-state index < -0.39 is 5.97 Å². The number of aromatic nitrogens is 1. The normalized spacial score (nSPS) is 10.4. The molecule has 2 rings (SSSR count). The second kappa shape index (κ2) is 4.78. The largest absolute Gasteiger partial charge is 0.481 e. The summed E-state index contributed by atoms with van der Waals surface area (Å²) in [4.78, 5) is 14.5. The van der Waals surface area contributed by atoms with E-state index in [1.54, 1.807) is 12.1 Å². The molecule has 2 aromatic rings. The first kappa shape index (κ1) is 11.3. The number of aliphatic carboxylic acids is 1. The van der Waals surface area contributed by atoms with Gasteiger partial charge in [0.05, 0.1) is 12.1 Å². The number of carboxylic acid groups (broad SMARTS) is 1. The minimum absolute atomic E-state index is 0.00484. The Morgan fingerprint density at radius 2 is 2.29 bits per heavy atom. The monoisotopic (exact) mass is 235 g/mol. The zero-order chi connectivity index (χ0) is 12.3. The molecule has 17 heavy (non-hydrogen) atoms. The van der Waals surface area contributed by atoms with Gasteiger partial charge in [-0.05, 0) is 18.2 Å². The number of halogens is 1. The summed E-state index contributed by atoms with van der Waals surface area (Å²) in [6.45, 7) is 0. The van der Waals surface area contributed by atoms with Gasteiger partial charge in [0.25, 0.3) is 0 Å². The summed E-state index contributed by atoms with van der Waals surface area (Å²) in [5.41, 5.74) is 1.08. The molecule has 1 N–H and O–H groups in total. The second-order valence-electron chi connectivity index (χ2n) is 3.55. The van der Waals surface area contributed by atoms with E-state index in [0.29, 0.717) is 23.6 Å². The number of benzene rings is 1. The Bertz CT molecular complexity index is 536. The van der Waals surface area contributed by atoms with E-state index >= 15 is 0 Å². The molecule has 0 aliphatic rings. The molecule has 0 radical (unpaired) electrons. The van der Waals surface area contributed by atoms with Crippen LogP contribution in [0.3, 0.4) is 0 Å². The maximum atomic E-state index is 13.0. The summed E-state index contributed by atoms with van der Waals surface area (Å²) in [7, 11) is 0. The van der Waals surface area contributed by atoms with Gasteiger partial charge in [-0.1, -0.05) is 6.07 Å². The summed E-state index contributed by atoms with van der Waals surface area (Å²) in [5, 5.41) is 8.53. The Labute approximate surface area is 96.7 Å². The minimum atomic E-state index is -0.889. The molecule has 0 fully saturated rings. The number of carbonyl (C=O) groups is 1. The van der Waals surface area contributed by atoms with Gasteiger partial charge in [0.15, 0.2) is 0 Å². The Morgan fingerprint density at radius 1 is 1.47 bits per heavy atom. The van der Waals surface area contributed by atoms with Crippen LogP contribution < -0.4 is 0 Å². The fourth-order valence-corrected chi connectivity index (χ4v) is 1.41. The number of aryl methyl sites for hydroxylation is 1. The van der Waals surface area contributed by atoms with Crippen LogP contribution in [-0.2, 0) is 11.2 Å². The molecule has 1 aromatic carbocycles. The van der Waals surface area contributed by atoms with Crippen molar-refractivity contribution in [1.82, 2.24) is 4.98 Å². The van der Waals surface area contributed by atoms with Gasteiger partial charge < -0.3 is 9.52 Å². The summed E-state index contributed by atoms with van der Waals surface area (Å²) >= 11 is 0. The molecular weight excluding hydrogens is 225 g/mol. The number of hydrogen-bond acceptors (Lipinski definition) is 3. The molecule has 0 atom stereocenters.